The van der Waals surface area contributed by atoms with Gasteiger partial charge < -0.3 is 20.5 Å². The molecular weight excluding hydrogens is 275 g/mol. The molecule has 0 spiro atoms. The molecule has 1 unspecified atom stereocenters. The minimum Gasteiger partial charge on any atom is -0.505 e. The molecule has 0 fully saturated rings. The summed E-state index contributed by atoms with van der Waals surface area (Å²) < 4.78 is 18.5. The number of halogens is 1. The van der Waals surface area contributed by atoms with Gasteiger partial charge in [0, 0.05) is 19.7 Å². The van der Waals surface area contributed by atoms with E-state index in [9.17, 15) is 9.18 Å². The number of urea groups is 1. The monoisotopic (exact) mass is 298 g/mol. The molecule has 1 rings (SSSR count). The molecule has 1 aromatic rings. The minimum absolute atomic E-state index is 0.0588. The van der Waals surface area contributed by atoms with E-state index in [0.29, 0.717) is 12.0 Å². The molecular formula is C15H23FN2O3. The van der Waals surface area contributed by atoms with Gasteiger partial charge in [-0.05, 0) is 44.9 Å². The SMILES string of the molecule is COC(C)(C)CC(C)NC(=O)NCc1ccc(O)c(F)c1. The Kier molecular flexibility index (Phi) is 5.96. The quantitative estimate of drug-likeness (QED) is 0.756. The molecule has 0 bridgehead atoms. The first-order chi connectivity index (χ1) is 9.73. The number of phenols is 1. The summed E-state index contributed by atoms with van der Waals surface area (Å²) in [7, 11) is 1.63. The Morgan fingerprint density at radius 1 is 1.48 bits per heavy atom. The van der Waals surface area contributed by atoms with Crippen molar-refractivity contribution in [2.24, 2.45) is 0 Å². The van der Waals surface area contributed by atoms with Crippen molar-refractivity contribution in [3.05, 3.63) is 29.6 Å². The van der Waals surface area contributed by atoms with Crippen LogP contribution in [0, 0.1) is 5.82 Å². The van der Waals surface area contributed by atoms with Crippen LogP contribution in [0.4, 0.5) is 9.18 Å². The van der Waals surface area contributed by atoms with Crippen molar-refractivity contribution in [2.75, 3.05) is 7.11 Å². The second kappa shape index (κ2) is 7.26. The smallest absolute Gasteiger partial charge is 0.315 e. The Bertz CT molecular complexity index is 492. The van der Waals surface area contributed by atoms with Crippen LogP contribution in [0.2, 0.25) is 0 Å². The molecule has 0 aliphatic carbocycles. The van der Waals surface area contributed by atoms with Crippen LogP contribution in [0.1, 0.15) is 32.8 Å². The van der Waals surface area contributed by atoms with E-state index in [2.05, 4.69) is 10.6 Å². The molecule has 3 N–H and O–H groups in total. The van der Waals surface area contributed by atoms with Crippen molar-refractivity contribution >= 4 is 6.03 Å². The zero-order chi connectivity index (χ0) is 16.0. The maximum Gasteiger partial charge on any atom is 0.315 e. The molecule has 0 heterocycles. The highest BCUT2D eigenvalue weighted by atomic mass is 19.1. The summed E-state index contributed by atoms with van der Waals surface area (Å²) in [4.78, 5) is 11.7. The van der Waals surface area contributed by atoms with Gasteiger partial charge in [0.1, 0.15) is 0 Å². The lowest BCUT2D eigenvalue weighted by atomic mass is 10.00. The Labute approximate surface area is 124 Å². The first-order valence-corrected chi connectivity index (χ1v) is 6.80. The molecule has 5 nitrogen and oxygen atoms in total. The Morgan fingerprint density at radius 3 is 2.71 bits per heavy atom. The van der Waals surface area contributed by atoms with Crippen LogP contribution < -0.4 is 10.6 Å². The van der Waals surface area contributed by atoms with Crippen LogP contribution in [0.15, 0.2) is 18.2 Å². The number of ether oxygens (including phenoxy) is 1. The van der Waals surface area contributed by atoms with E-state index in [1.165, 1.54) is 12.1 Å². The maximum atomic E-state index is 13.1. The Balaban J connectivity index is 2.42. The predicted octanol–water partition coefficient (Wildman–Crippen LogP) is 2.53. The minimum atomic E-state index is -0.704. The number of benzene rings is 1. The van der Waals surface area contributed by atoms with Crippen molar-refractivity contribution in [1.29, 1.82) is 0 Å². The summed E-state index contributed by atoms with van der Waals surface area (Å²) in [6.07, 6.45) is 0.671. The van der Waals surface area contributed by atoms with E-state index < -0.39 is 11.6 Å². The van der Waals surface area contributed by atoms with Crippen LogP contribution >= 0.6 is 0 Å². The van der Waals surface area contributed by atoms with E-state index in [1.54, 1.807) is 13.2 Å². The number of amides is 2. The molecule has 118 valence electrons. The standard InChI is InChI=1S/C15H23FN2O3/c1-10(8-15(2,3)21-4)18-14(20)17-9-11-5-6-13(19)12(16)7-11/h5-7,10,19H,8-9H2,1-4H3,(H2,17,18,20). The maximum absolute atomic E-state index is 13.1. The summed E-state index contributed by atoms with van der Waals surface area (Å²) in [6, 6.07) is 3.61. The molecule has 6 heteroatoms. The number of aromatic hydroxyl groups is 1. The molecule has 0 aliphatic rings. The molecule has 0 aliphatic heterocycles. The third-order valence-electron chi connectivity index (χ3n) is 3.19. The van der Waals surface area contributed by atoms with Gasteiger partial charge in [-0.2, -0.15) is 0 Å². The van der Waals surface area contributed by atoms with Gasteiger partial charge in [0.25, 0.3) is 0 Å². The number of rotatable bonds is 6. The van der Waals surface area contributed by atoms with Crippen molar-refractivity contribution in [2.45, 2.75) is 45.4 Å². The molecule has 0 saturated heterocycles. The zero-order valence-electron chi connectivity index (χ0n) is 12.9. The van der Waals surface area contributed by atoms with Crippen LogP contribution in [0.5, 0.6) is 5.75 Å². The number of phenolic OH excluding ortho intramolecular Hbond substituents is 1. The zero-order valence-corrected chi connectivity index (χ0v) is 12.9. The molecule has 2 amide bonds. The second-order valence-corrected chi connectivity index (χ2v) is 5.68. The third kappa shape index (κ3) is 5.99. The summed E-state index contributed by atoms with van der Waals surface area (Å²) in [5.74, 6) is -1.11. The van der Waals surface area contributed by atoms with Gasteiger partial charge in [-0.1, -0.05) is 6.07 Å². The fourth-order valence-corrected chi connectivity index (χ4v) is 1.99. The lowest BCUT2D eigenvalue weighted by Gasteiger charge is -2.27. The predicted molar refractivity (Wildman–Crippen MR) is 78.6 cm³/mol. The van der Waals surface area contributed by atoms with Crippen molar-refractivity contribution in [1.82, 2.24) is 10.6 Å². The molecule has 21 heavy (non-hydrogen) atoms. The van der Waals surface area contributed by atoms with E-state index in [-0.39, 0.29) is 24.2 Å². The molecule has 0 aromatic heterocycles. The molecule has 1 atom stereocenters. The Hall–Kier alpha value is -1.82. The number of carbonyl (C=O) groups excluding carboxylic acids is 1. The average Bonchev–Trinajstić information content (AvgIpc) is 2.39. The second-order valence-electron chi connectivity index (χ2n) is 5.68. The van der Waals surface area contributed by atoms with Gasteiger partial charge in [0.15, 0.2) is 11.6 Å². The van der Waals surface area contributed by atoms with Crippen molar-refractivity contribution in [3.8, 4) is 5.75 Å². The Morgan fingerprint density at radius 2 is 2.14 bits per heavy atom. The fraction of sp³-hybridized carbons (Fsp3) is 0.533. The first kappa shape index (κ1) is 17.2. The van der Waals surface area contributed by atoms with Gasteiger partial charge in [0.2, 0.25) is 0 Å². The topological polar surface area (TPSA) is 70.6 Å². The van der Waals surface area contributed by atoms with Gasteiger partial charge in [-0.25, -0.2) is 9.18 Å². The summed E-state index contributed by atoms with van der Waals surface area (Å²) >= 11 is 0. The van der Waals surface area contributed by atoms with Crippen LogP contribution in [-0.4, -0.2) is 29.9 Å². The number of hydrogen-bond acceptors (Lipinski definition) is 3. The third-order valence-corrected chi connectivity index (χ3v) is 3.19. The largest absolute Gasteiger partial charge is 0.505 e. The van der Waals surface area contributed by atoms with Gasteiger partial charge in [-0.3, -0.25) is 0 Å². The highest BCUT2D eigenvalue weighted by Gasteiger charge is 2.21. The number of methoxy groups -OCH3 is 1. The first-order valence-electron chi connectivity index (χ1n) is 6.80. The van der Waals surface area contributed by atoms with Crippen molar-refractivity contribution in [3.63, 3.8) is 0 Å². The highest BCUT2D eigenvalue weighted by Crippen LogP contribution is 2.16. The van der Waals surface area contributed by atoms with E-state index in [4.69, 9.17) is 9.84 Å². The van der Waals surface area contributed by atoms with Crippen LogP contribution in [0.3, 0.4) is 0 Å². The number of hydrogen-bond donors (Lipinski definition) is 3. The number of carbonyl (C=O) groups is 1. The normalized spacial score (nSPS) is 12.8. The average molecular weight is 298 g/mol. The van der Waals surface area contributed by atoms with Gasteiger partial charge in [0.05, 0.1) is 5.60 Å². The van der Waals surface area contributed by atoms with Crippen LogP contribution in [0.25, 0.3) is 0 Å². The van der Waals surface area contributed by atoms with Crippen molar-refractivity contribution < 1.29 is 19.0 Å². The van der Waals surface area contributed by atoms with E-state index >= 15 is 0 Å². The molecule has 0 saturated carbocycles. The highest BCUT2D eigenvalue weighted by molar-refractivity contribution is 5.74. The van der Waals surface area contributed by atoms with E-state index in [1.807, 2.05) is 20.8 Å². The molecule has 0 radical (unpaired) electrons. The summed E-state index contributed by atoms with van der Waals surface area (Å²) in [5, 5.41) is 14.5. The van der Waals surface area contributed by atoms with Crippen LogP contribution in [-0.2, 0) is 11.3 Å². The number of nitrogens with one attached hydrogen (secondary N) is 2. The fourth-order valence-electron chi connectivity index (χ4n) is 1.99. The molecule has 1 aromatic carbocycles. The summed E-state index contributed by atoms with van der Waals surface area (Å²) in [6.45, 7) is 5.97. The lowest BCUT2D eigenvalue weighted by Crippen LogP contribution is -2.43. The lowest BCUT2D eigenvalue weighted by molar-refractivity contribution is 0.00950. The summed E-state index contributed by atoms with van der Waals surface area (Å²) in [5.41, 5.74) is 0.262. The van der Waals surface area contributed by atoms with Gasteiger partial charge >= 0.3 is 6.03 Å². The van der Waals surface area contributed by atoms with E-state index in [0.717, 1.165) is 0 Å². The van der Waals surface area contributed by atoms with Gasteiger partial charge in [-0.15, -0.1) is 0 Å².